The van der Waals surface area contributed by atoms with Crippen molar-refractivity contribution in [3.05, 3.63) is 4.91 Å². The number of rotatable bonds is 1. The summed E-state index contributed by atoms with van der Waals surface area (Å²) in [7, 11) is 0. The predicted molar refractivity (Wildman–Crippen MR) is 36.9 cm³/mol. The van der Waals surface area contributed by atoms with Crippen LogP contribution < -0.4 is 5.48 Å². The Balaban J connectivity index is 4.03. The Kier molecular flexibility index (Phi) is 3.97. The summed E-state index contributed by atoms with van der Waals surface area (Å²) in [6, 6.07) is 0. The van der Waals surface area contributed by atoms with Gasteiger partial charge in [-0.15, -0.1) is 15.1 Å². The van der Waals surface area contributed by atoms with E-state index >= 15 is 0 Å². The van der Waals surface area contributed by atoms with Gasteiger partial charge in [-0.25, -0.2) is 0 Å². The average Bonchev–Trinajstić information content (AvgIpc) is 1.99. The maximum atomic E-state index is 9.67. The first-order valence-electron chi connectivity index (χ1n) is 2.53. The normalized spacial score (nSPS) is 13.1. The standard InChI is InChI=1S/C4H8N4O2/c1-3(7-9)5-6-4(2)8-10/h9H,1-2H3,(H,5,7)/b6-4+. The van der Waals surface area contributed by atoms with E-state index in [0.29, 0.717) is 0 Å². The second kappa shape index (κ2) is 4.57. The van der Waals surface area contributed by atoms with Gasteiger partial charge in [-0.3, -0.25) is 10.7 Å². The van der Waals surface area contributed by atoms with Gasteiger partial charge in [0.15, 0.2) is 5.84 Å². The fourth-order valence-corrected chi connectivity index (χ4v) is 0.188. The van der Waals surface area contributed by atoms with Crippen LogP contribution in [0.4, 0.5) is 0 Å². The van der Waals surface area contributed by atoms with Crippen molar-refractivity contribution in [2.75, 3.05) is 0 Å². The first-order valence-corrected chi connectivity index (χ1v) is 2.53. The Morgan fingerprint density at radius 3 is 2.40 bits per heavy atom. The van der Waals surface area contributed by atoms with Gasteiger partial charge in [0.05, 0.1) is 0 Å². The summed E-state index contributed by atoms with van der Waals surface area (Å²) in [5.41, 5.74) is 1.74. The van der Waals surface area contributed by atoms with Crippen molar-refractivity contribution >= 4 is 11.7 Å². The molecular weight excluding hydrogens is 136 g/mol. The van der Waals surface area contributed by atoms with E-state index in [-0.39, 0.29) is 11.7 Å². The van der Waals surface area contributed by atoms with Gasteiger partial charge in [-0.1, -0.05) is 0 Å². The van der Waals surface area contributed by atoms with E-state index in [0.717, 1.165) is 0 Å². The molecule has 0 aliphatic rings. The number of nitrogens with one attached hydrogen (secondary N) is 1. The van der Waals surface area contributed by atoms with Crippen molar-refractivity contribution < 1.29 is 5.21 Å². The van der Waals surface area contributed by atoms with Crippen molar-refractivity contribution in [3.63, 3.8) is 0 Å². The van der Waals surface area contributed by atoms with Crippen LogP contribution in [0.3, 0.4) is 0 Å². The fourth-order valence-electron chi connectivity index (χ4n) is 0.188. The largest absolute Gasteiger partial charge is 0.290 e. The van der Waals surface area contributed by atoms with Crippen LogP contribution in [0, 0.1) is 4.91 Å². The monoisotopic (exact) mass is 144 g/mol. The van der Waals surface area contributed by atoms with Gasteiger partial charge in [-0.2, -0.15) is 0 Å². The van der Waals surface area contributed by atoms with Crippen LogP contribution in [-0.4, -0.2) is 16.9 Å². The number of hydrogen-bond acceptors (Lipinski definition) is 4. The molecule has 0 unspecified atom stereocenters. The Morgan fingerprint density at radius 1 is 1.40 bits per heavy atom. The number of nitrogens with zero attached hydrogens (tertiary/aromatic N) is 3. The van der Waals surface area contributed by atoms with Crippen molar-refractivity contribution in [1.82, 2.24) is 5.48 Å². The third-order valence-corrected chi connectivity index (χ3v) is 0.639. The molecule has 0 aromatic rings. The van der Waals surface area contributed by atoms with Crippen LogP contribution in [0.5, 0.6) is 0 Å². The van der Waals surface area contributed by atoms with E-state index in [2.05, 4.69) is 15.4 Å². The third kappa shape index (κ3) is 3.67. The van der Waals surface area contributed by atoms with E-state index in [1.54, 1.807) is 5.48 Å². The number of amidine groups is 2. The molecule has 6 heteroatoms. The molecular formula is C4H8N4O2. The second-order valence-corrected chi connectivity index (χ2v) is 1.54. The molecule has 0 saturated heterocycles. The highest BCUT2D eigenvalue weighted by atomic mass is 16.5. The van der Waals surface area contributed by atoms with E-state index in [1.165, 1.54) is 13.8 Å². The number of hydrogen-bond donors (Lipinski definition) is 2. The lowest BCUT2D eigenvalue weighted by molar-refractivity contribution is 0.233. The molecule has 0 heterocycles. The van der Waals surface area contributed by atoms with Gasteiger partial charge in [0.2, 0.25) is 0 Å². The van der Waals surface area contributed by atoms with Crippen LogP contribution in [0.2, 0.25) is 0 Å². The quantitative estimate of drug-likeness (QED) is 0.243. The van der Waals surface area contributed by atoms with Gasteiger partial charge >= 0.3 is 0 Å². The minimum atomic E-state index is 0.00889. The molecule has 6 nitrogen and oxygen atoms in total. The Bertz CT molecular complexity index is 174. The molecule has 0 radical (unpaired) electrons. The highest BCUT2D eigenvalue weighted by Crippen LogP contribution is 1.80. The molecule has 0 rings (SSSR count). The first kappa shape index (κ1) is 8.70. The minimum absolute atomic E-state index is 0.00889. The SMILES string of the molecule is C/C(N=O)=N\N=C(/C)NO. The zero-order valence-electron chi connectivity index (χ0n) is 5.70. The minimum Gasteiger partial charge on any atom is -0.290 e. The molecule has 0 fully saturated rings. The zero-order chi connectivity index (χ0) is 7.98. The highest BCUT2D eigenvalue weighted by Gasteiger charge is 1.85. The van der Waals surface area contributed by atoms with Gasteiger partial charge in [0, 0.05) is 6.92 Å². The molecule has 10 heavy (non-hydrogen) atoms. The molecule has 2 N–H and O–H groups in total. The van der Waals surface area contributed by atoms with Crippen molar-refractivity contribution in [2.24, 2.45) is 15.4 Å². The van der Waals surface area contributed by atoms with Crippen LogP contribution in [-0.2, 0) is 0 Å². The molecule has 0 amide bonds. The molecule has 0 atom stereocenters. The molecule has 0 aromatic heterocycles. The molecule has 0 aromatic carbocycles. The van der Waals surface area contributed by atoms with Crippen molar-refractivity contribution in [1.29, 1.82) is 0 Å². The van der Waals surface area contributed by atoms with Gasteiger partial charge in [0.1, 0.15) is 5.84 Å². The molecule has 0 saturated carbocycles. The van der Waals surface area contributed by atoms with E-state index < -0.39 is 0 Å². The zero-order valence-corrected chi connectivity index (χ0v) is 5.70. The van der Waals surface area contributed by atoms with Crippen molar-refractivity contribution in [2.45, 2.75) is 13.8 Å². The lowest BCUT2D eigenvalue weighted by atomic mass is 10.7. The van der Waals surface area contributed by atoms with E-state index in [4.69, 9.17) is 5.21 Å². The van der Waals surface area contributed by atoms with E-state index in [1.807, 2.05) is 0 Å². The lowest BCUT2D eigenvalue weighted by Crippen LogP contribution is -2.13. The Labute approximate surface area is 57.6 Å². The second-order valence-electron chi connectivity index (χ2n) is 1.54. The lowest BCUT2D eigenvalue weighted by Gasteiger charge is -1.89. The Hall–Kier alpha value is -1.30. The van der Waals surface area contributed by atoms with Crippen LogP contribution in [0.15, 0.2) is 15.4 Å². The maximum absolute atomic E-state index is 9.67. The molecule has 56 valence electrons. The summed E-state index contributed by atoms with van der Waals surface area (Å²) in [5.74, 6) is 0.206. The van der Waals surface area contributed by atoms with Gasteiger partial charge in [0.25, 0.3) is 0 Å². The molecule has 0 aliphatic carbocycles. The van der Waals surface area contributed by atoms with Crippen LogP contribution in [0.1, 0.15) is 13.8 Å². The highest BCUT2D eigenvalue weighted by molar-refractivity contribution is 5.82. The van der Waals surface area contributed by atoms with Crippen LogP contribution in [0.25, 0.3) is 0 Å². The summed E-state index contributed by atoms with van der Waals surface area (Å²) in [6.07, 6.45) is 0. The fraction of sp³-hybridized carbons (Fsp3) is 0.500. The Morgan fingerprint density at radius 2 is 2.00 bits per heavy atom. The van der Waals surface area contributed by atoms with Crippen LogP contribution >= 0.6 is 0 Å². The van der Waals surface area contributed by atoms with Gasteiger partial charge < -0.3 is 0 Å². The summed E-state index contributed by atoms with van der Waals surface area (Å²) >= 11 is 0. The molecule has 0 spiro atoms. The third-order valence-electron chi connectivity index (χ3n) is 0.639. The van der Waals surface area contributed by atoms with Gasteiger partial charge in [-0.05, 0) is 12.1 Å². The molecule has 0 bridgehead atoms. The number of nitroso groups, excluding NO2 is 1. The summed E-state index contributed by atoms with van der Waals surface area (Å²) in [6.45, 7) is 2.89. The maximum Gasteiger partial charge on any atom is 0.192 e. The molecule has 0 aliphatic heterocycles. The average molecular weight is 144 g/mol. The number of hydroxylamine groups is 1. The summed E-state index contributed by atoms with van der Waals surface area (Å²) in [5, 5.41) is 17.3. The smallest absolute Gasteiger partial charge is 0.192 e. The first-order chi connectivity index (χ1) is 4.70. The summed E-state index contributed by atoms with van der Waals surface area (Å²) in [4.78, 5) is 9.67. The summed E-state index contributed by atoms with van der Waals surface area (Å²) < 4.78 is 0. The van der Waals surface area contributed by atoms with E-state index in [9.17, 15) is 4.91 Å². The van der Waals surface area contributed by atoms with Crippen molar-refractivity contribution in [3.8, 4) is 0 Å². The topological polar surface area (TPSA) is 86.4 Å². The predicted octanol–water partition coefficient (Wildman–Crippen LogP) is 0.483.